The fourth-order valence-electron chi connectivity index (χ4n) is 1.43. The lowest BCUT2D eigenvalue weighted by atomic mass is 10.2. The van der Waals surface area contributed by atoms with Gasteiger partial charge in [-0.2, -0.15) is 11.8 Å². The van der Waals surface area contributed by atoms with Crippen molar-refractivity contribution in [2.45, 2.75) is 20.0 Å². The minimum atomic E-state index is -0.0315. The molecule has 0 fully saturated rings. The highest BCUT2D eigenvalue weighted by Crippen LogP contribution is 2.24. The lowest BCUT2D eigenvalue weighted by Crippen LogP contribution is -2.02. The van der Waals surface area contributed by atoms with Gasteiger partial charge in [-0.05, 0) is 36.1 Å². The quantitative estimate of drug-likeness (QED) is 0.726. The molecule has 0 radical (unpaired) electrons. The van der Waals surface area contributed by atoms with Crippen LogP contribution in [0.3, 0.4) is 0 Å². The van der Waals surface area contributed by atoms with Crippen molar-refractivity contribution in [1.29, 1.82) is 0 Å². The Morgan fingerprint density at radius 2 is 2.18 bits per heavy atom. The molecule has 0 unspecified atom stereocenters. The summed E-state index contributed by atoms with van der Waals surface area (Å²) in [5.41, 5.74) is 0.771. The largest absolute Gasteiger partial charge is 0.497 e. The zero-order chi connectivity index (χ0) is 12.5. The van der Waals surface area contributed by atoms with Gasteiger partial charge in [0.1, 0.15) is 11.5 Å². The van der Waals surface area contributed by atoms with Crippen LogP contribution in [0, 0.1) is 0 Å². The lowest BCUT2D eigenvalue weighted by Gasteiger charge is -2.11. The molecule has 1 aromatic rings. The number of ether oxygens (including phenoxy) is 2. The Labute approximate surface area is 107 Å². The molecule has 96 valence electrons. The Morgan fingerprint density at radius 3 is 2.82 bits per heavy atom. The van der Waals surface area contributed by atoms with E-state index in [-0.39, 0.29) is 6.61 Å². The van der Waals surface area contributed by atoms with Crippen molar-refractivity contribution in [3.05, 3.63) is 23.8 Å². The van der Waals surface area contributed by atoms with Crippen molar-refractivity contribution >= 4 is 11.8 Å². The average Bonchev–Trinajstić information content (AvgIpc) is 2.38. The van der Waals surface area contributed by atoms with Gasteiger partial charge < -0.3 is 14.6 Å². The fraction of sp³-hybridized carbons (Fsp3) is 0.538. The molecular weight excluding hydrogens is 236 g/mol. The number of hydrogen-bond donors (Lipinski definition) is 1. The molecule has 0 atom stereocenters. The standard InChI is InChI=1S/C13H20O3S/c1-3-17-8-4-7-16-13-6-5-12(15-2)9-11(13)10-14/h5-6,9,14H,3-4,7-8,10H2,1-2H3. The topological polar surface area (TPSA) is 38.7 Å². The molecule has 0 bridgehead atoms. The Kier molecular flexibility index (Phi) is 6.89. The van der Waals surface area contributed by atoms with E-state index in [4.69, 9.17) is 9.47 Å². The molecule has 1 N–H and O–H groups in total. The monoisotopic (exact) mass is 256 g/mol. The maximum absolute atomic E-state index is 9.24. The number of thioether (sulfide) groups is 1. The van der Waals surface area contributed by atoms with Crippen LogP contribution in [0.5, 0.6) is 11.5 Å². The van der Waals surface area contributed by atoms with Crippen LogP contribution < -0.4 is 9.47 Å². The van der Waals surface area contributed by atoms with Gasteiger partial charge in [-0.25, -0.2) is 0 Å². The van der Waals surface area contributed by atoms with Crippen LogP contribution in [0.4, 0.5) is 0 Å². The summed E-state index contributed by atoms with van der Waals surface area (Å²) in [6.45, 7) is 2.81. The number of rotatable bonds is 8. The molecule has 0 saturated heterocycles. The van der Waals surface area contributed by atoms with Gasteiger partial charge in [-0.1, -0.05) is 6.92 Å². The van der Waals surface area contributed by atoms with Crippen molar-refractivity contribution in [1.82, 2.24) is 0 Å². The summed E-state index contributed by atoms with van der Waals surface area (Å²) in [5.74, 6) is 3.74. The molecule has 3 nitrogen and oxygen atoms in total. The second kappa shape index (κ2) is 8.25. The zero-order valence-corrected chi connectivity index (χ0v) is 11.3. The lowest BCUT2D eigenvalue weighted by molar-refractivity contribution is 0.262. The molecule has 0 aliphatic carbocycles. The molecule has 1 aromatic carbocycles. The van der Waals surface area contributed by atoms with Crippen molar-refractivity contribution in [3.8, 4) is 11.5 Å². The molecule has 0 aromatic heterocycles. The Morgan fingerprint density at radius 1 is 1.35 bits per heavy atom. The van der Waals surface area contributed by atoms with Gasteiger partial charge in [-0.3, -0.25) is 0 Å². The molecule has 0 amide bonds. The van der Waals surface area contributed by atoms with Gasteiger partial charge in [0, 0.05) is 5.56 Å². The number of benzene rings is 1. The van der Waals surface area contributed by atoms with E-state index >= 15 is 0 Å². The second-order valence-corrected chi connectivity index (χ2v) is 4.92. The Balaban J connectivity index is 2.46. The van der Waals surface area contributed by atoms with Crippen LogP contribution in [0.25, 0.3) is 0 Å². The van der Waals surface area contributed by atoms with E-state index in [0.29, 0.717) is 6.61 Å². The summed E-state index contributed by atoms with van der Waals surface area (Å²) in [6, 6.07) is 5.49. The maximum Gasteiger partial charge on any atom is 0.125 e. The first-order chi connectivity index (χ1) is 8.31. The van der Waals surface area contributed by atoms with Gasteiger partial charge in [0.05, 0.1) is 20.3 Å². The fourth-order valence-corrected chi connectivity index (χ4v) is 2.05. The van der Waals surface area contributed by atoms with Gasteiger partial charge in [0.15, 0.2) is 0 Å². The summed E-state index contributed by atoms with van der Waals surface area (Å²) >= 11 is 1.91. The molecular formula is C13H20O3S. The van der Waals surface area contributed by atoms with Crippen LogP contribution in [0.2, 0.25) is 0 Å². The third kappa shape index (κ3) is 4.88. The molecule has 0 aliphatic heterocycles. The summed E-state index contributed by atoms with van der Waals surface area (Å²) in [7, 11) is 1.61. The third-order valence-corrected chi connectivity index (χ3v) is 3.32. The van der Waals surface area contributed by atoms with Gasteiger partial charge in [0.2, 0.25) is 0 Å². The molecule has 0 heterocycles. The van der Waals surface area contributed by atoms with E-state index in [2.05, 4.69) is 6.92 Å². The molecule has 0 saturated carbocycles. The highest BCUT2D eigenvalue weighted by Gasteiger charge is 2.04. The number of aliphatic hydroxyl groups is 1. The normalized spacial score (nSPS) is 10.3. The Bertz CT molecular complexity index is 328. The van der Waals surface area contributed by atoms with E-state index in [1.807, 2.05) is 23.9 Å². The smallest absolute Gasteiger partial charge is 0.125 e. The summed E-state index contributed by atoms with van der Waals surface area (Å²) in [5, 5.41) is 9.24. The summed E-state index contributed by atoms with van der Waals surface area (Å²) in [6.07, 6.45) is 1.02. The first kappa shape index (κ1) is 14.2. The molecule has 0 aliphatic rings. The first-order valence-electron chi connectivity index (χ1n) is 5.80. The second-order valence-electron chi connectivity index (χ2n) is 3.53. The molecule has 4 heteroatoms. The highest BCUT2D eigenvalue weighted by molar-refractivity contribution is 7.99. The number of hydrogen-bond acceptors (Lipinski definition) is 4. The Hall–Kier alpha value is -0.870. The maximum atomic E-state index is 9.24. The third-order valence-electron chi connectivity index (χ3n) is 2.33. The van der Waals surface area contributed by atoms with E-state index in [0.717, 1.165) is 35.0 Å². The zero-order valence-electron chi connectivity index (χ0n) is 10.4. The average molecular weight is 256 g/mol. The predicted molar refractivity (Wildman–Crippen MR) is 72.0 cm³/mol. The van der Waals surface area contributed by atoms with Gasteiger partial charge in [-0.15, -0.1) is 0 Å². The van der Waals surface area contributed by atoms with Crippen LogP contribution in [-0.4, -0.2) is 30.3 Å². The molecule has 1 rings (SSSR count). The van der Waals surface area contributed by atoms with Crippen LogP contribution in [0.1, 0.15) is 18.9 Å². The van der Waals surface area contributed by atoms with Crippen LogP contribution in [-0.2, 0) is 6.61 Å². The van der Waals surface area contributed by atoms with Crippen LogP contribution in [0.15, 0.2) is 18.2 Å². The SMILES string of the molecule is CCSCCCOc1ccc(OC)cc1CO. The van der Waals surface area contributed by atoms with Gasteiger partial charge in [0.25, 0.3) is 0 Å². The van der Waals surface area contributed by atoms with E-state index in [1.54, 1.807) is 13.2 Å². The van der Waals surface area contributed by atoms with Crippen LogP contribution >= 0.6 is 11.8 Å². The van der Waals surface area contributed by atoms with Gasteiger partial charge >= 0.3 is 0 Å². The predicted octanol–water partition coefficient (Wildman–Crippen LogP) is 2.71. The van der Waals surface area contributed by atoms with Crippen molar-refractivity contribution in [3.63, 3.8) is 0 Å². The number of aliphatic hydroxyl groups excluding tert-OH is 1. The number of methoxy groups -OCH3 is 1. The summed E-state index contributed by atoms with van der Waals surface area (Å²) in [4.78, 5) is 0. The summed E-state index contributed by atoms with van der Waals surface area (Å²) < 4.78 is 10.7. The molecule has 0 spiro atoms. The van der Waals surface area contributed by atoms with E-state index in [1.165, 1.54) is 0 Å². The van der Waals surface area contributed by atoms with Crippen molar-refractivity contribution in [2.24, 2.45) is 0 Å². The highest BCUT2D eigenvalue weighted by atomic mass is 32.2. The van der Waals surface area contributed by atoms with Crippen molar-refractivity contribution < 1.29 is 14.6 Å². The molecule has 17 heavy (non-hydrogen) atoms. The minimum Gasteiger partial charge on any atom is -0.497 e. The van der Waals surface area contributed by atoms with E-state index < -0.39 is 0 Å². The van der Waals surface area contributed by atoms with Crippen molar-refractivity contribution in [2.75, 3.05) is 25.2 Å². The first-order valence-corrected chi connectivity index (χ1v) is 6.95. The van der Waals surface area contributed by atoms with E-state index in [9.17, 15) is 5.11 Å². The minimum absolute atomic E-state index is 0.0315.